The van der Waals surface area contributed by atoms with E-state index in [1.807, 2.05) is 18.2 Å². The van der Waals surface area contributed by atoms with Crippen molar-refractivity contribution in [3.8, 4) is 22.8 Å². The first kappa shape index (κ1) is 31.8. The zero-order valence-electron chi connectivity index (χ0n) is 23.9. The number of halogens is 3. The molecule has 0 amide bonds. The number of carboxylic acid groups (broad SMARTS) is 1. The summed E-state index contributed by atoms with van der Waals surface area (Å²) in [4.78, 5) is 25.2. The van der Waals surface area contributed by atoms with Gasteiger partial charge in [0.25, 0.3) is 0 Å². The average Bonchev–Trinajstić information content (AvgIpc) is 3.37. The highest BCUT2D eigenvalue weighted by atomic mass is 32.1. The number of fused-ring (bicyclic) bond motifs is 3. The predicted molar refractivity (Wildman–Crippen MR) is 164 cm³/mol. The van der Waals surface area contributed by atoms with Crippen LogP contribution >= 0.6 is 12.2 Å². The first-order valence-corrected chi connectivity index (χ1v) is 14.8. The number of benzene rings is 2. The first-order valence-electron chi connectivity index (χ1n) is 14.3. The van der Waals surface area contributed by atoms with Crippen LogP contribution in [0.1, 0.15) is 78.9 Å². The van der Waals surface area contributed by atoms with Gasteiger partial charge in [-0.1, -0.05) is 75.9 Å². The first-order chi connectivity index (χ1) is 20.7. The average molecular weight is 610 g/mol. The Balaban J connectivity index is 0.000000225. The quantitative estimate of drug-likeness (QED) is 0.102. The van der Waals surface area contributed by atoms with E-state index in [1.54, 1.807) is 24.5 Å². The van der Waals surface area contributed by atoms with Crippen molar-refractivity contribution in [1.82, 2.24) is 19.9 Å². The molecule has 2 aromatic heterocycles. The number of aromatic nitrogens is 4. The number of alkyl halides is 3. The van der Waals surface area contributed by atoms with Crippen molar-refractivity contribution in [1.29, 1.82) is 0 Å². The molecule has 0 spiro atoms. The molecule has 0 fully saturated rings. The monoisotopic (exact) mass is 609 g/mol. The molecule has 0 saturated carbocycles. The summed E-state index contributed by atoms with van der Waals surface area (Å²) in [5.74, 6) is -0.407. The van der Waals surface area contributed by atoms with Gasteiger partial charge in [-0.25, -0.2) is 19.7 Å². The number of anilines is 1. The summed E-state index contributed by atoms with van der Waals surface area (Å²) >= 11 is 4.88. The third-order valence-corrected chi connectivity index (χ3v) is 7.50. The number of hydrogen-bond acceptors (Lipinski definition) is 6. The van der Waals surface area contributed by atoms with Gasteiger partial charge in [0.15, 0.2) is 11.6 Å². The Labute approximate surface area is 253 Å². The van der Waals surface area contributed by atoms with Crippen LogP contribution in [-0.4, -0.2) is 37.6 Å². The van der Waals surface area contributed by atoms with Crippen molar-refractivity contribution >= 4 is 23.9 Å². The number of carbonyl (C=O) groups is 1. The van der Waals surface area contributed by atoms with E-state index in [9.17, 15) is 18.0 Å². The number of aromatic carboxylic acids is 1. The lowest BCUT2D eigenvalue weighted by molar-refractivity contribution is -0.137. The van der Waals surface area contributed by atoms with E-state index in [0.29, 0.717) is 18.1 Å². The largest absolute Gasteiger partial charge is 0.478 e. The molecule has 0 saturated heterocycles. The molecule has 3 N–H and O–H groups in total. The molecule has 43 heavy (non-hydrogen) atoms. The minimum absolute atomic E-state index is 0.0466. The highest BCUT2D eigenvalue weighted by molar-refractivity contribution is 7.71. The molecular weight excluding hydrogens is 575 g/mol. The molecule has 4 aromatic rings. The van der Waals surface area contributed by atoms with Gasteiger partial charge in [0.05, 0.1) is 5.56 Å². The van der Waals surface area contributed by atoms with E-state index in [-0.39, 0.29) is 10.2 Å². The van der Waals surface area contributed by atoms with E-state index in [1.165, 1.54) is 56.9 Å². The molecular formula is C32H34F3N5O2S. The number of rotatable bonds is 11. The van der Waals surface area contributed by atoms with Gasteiger partial charge in [-0.15, -0.1) is 0 Å². The van der Waals surface area contributed by atoms with Crippen LogP contribution in [0.25, 0.3) is 22.8 Å². The summed E-state index contributed by atoms with van der Waals surface area (Å²) in [6.07, 6.45) is 9.57. The molecule has 226 valence electrons. The topological polar surface area (TPSA) is 104 Å². The third-order valence-electron chi connectivity index (χ3n) is 7.17. The molecule has 2 heterocycles. The number of aromatic amines is 1. The predicted octanol–water partition coefficient (Wildman–Crippen LogP) is 8.73. The van der Waals surface area contributed by atoms with Crippen molar-refractivity contribution in [3.05, 3.63) is 87.9 Å². The van der Waals surface area contributed by atoms with Gasteiger partial charge in [0, 0.05) is 37.2 Å². The molecule has 0 atom stereocenters. The van der Waals surface area contributed by atoms with Gasteiger partial charge in [-0.3, -0.25) is 0 Å². The molecule has 0 bridgehead atoms. The zero-order chi connectivity index (χ0) is 30.8. The second-order valence-electron chi connectivity index (χ2n) is 10.3. The Morgan fingerprint density at radius 3 is 2.37 bits per heavy atom. The van der Waals surface area contributed by atoms with Crippen molar-refractivity contribution < 1.29 is 23.1 Å². The van der Waals surface area contributed by atoms with Gasteiger partial charge in [0.1, 0.15) is 10.2 Å². The van der Waals surface area contributed by atoms with E-state index >= 15 is 0 Å². The molecule has 0 aliphatic heterocycles. The maximum Gasteiger partial charge on any atom is 0.416 e. The van der Waals surface area contributed by atoms with Crippen molar-refractivity contribution in [2.75, 3.05) is 11.9 Å². The van der Waals surface area contributed by atoms with Crippen LogP contribution in [0.3, 0.4) is 0 Å². The highest BCUT2D eigenvalue weighted by Gasteiger charge is 2.32. The number of nitrogens with one attached hydrogen (secondary N) is 2. The van der Waals surface area contributed by atoms with E-state index in [4.69, 9.17) is 17.3 Å². The third kappa shape index (κ3) is 8.47. The fourth-order valence-corrected chi connectivity index (χ4v) is 5.17. The van der Waals surface area contributed by atoms with Crippen LogP contribution in [0, 0.1) is 4.64 Å². The molecule has 1 aliphatic carbocycles. The van der Waals surface area contributed by atoms with E-state index in [2.05, 4.69) is 32.2 Å². The Bertz CT molecular complexity index is 1590. The van der Waals surface area contributed by atoms with Gasteiger partial charge in [0.2, 0.25) is 0 Å². The molecule has 7 nitrogen and oxygen atoms in total. The van der Waals surface area contributed by atoms with Crippen LogP contribution in [0.2, 0.25) is 0 Å². The van der Waals surface area contributed by atoms with Gasteiger partial charge in [-0.05, 0) is 52.9 Å². The Morgan fingerprint density at radius 2 is 1.70 bits per heavy atom. The SMILES string of the molecule is CCCCCCCCCNc1cccc2c1Cc1ccc(C(F)(F)F)cc1-2.O=C(O)c1cnc(-c2ncccn2)[nH]c1=S. The summed E-state index contributed by atoms with van der Waals surface area (Å²) in [5, 5.41) is 12.3. The number of unbranched alkanes of at least 4 members (excludes halogenated alkanes) is 6. The fourth-order valence-electron chi connectivity index (χ4n) is 4.93. The second-order valence-corrected chi connectivity index (χ2v) is 10.7. The van der Waals surface area contributed by atoms with Crippen molar-refractivity contribution in [3.63, 3.8) is 0 Å². The normalized spacial score (nSPS) is 11.7. The van der Waals surface area contributed by atoms with Crippen LogP contribution in [-0.2, 0) is 12.6 Å². The van der Waals surface area contributed by atoms with Crippen LogP contribution in [0.5, 0.6) is 0 Å². The lowest BCUT2D eigenvalue weighted by Crippen LogP contribution is -2.04. The Hall–Kier alpha value is -4.12. The number of nitrogens with zero attached hydrogens (tertiary/aromatic N) is 3. The molecule has 1 aliphatic rings. The van der Waals surface area contributed by atoms with Gasteiger partial charge >= 0.3 is 12.1 Å². The van der Waals surface area contributed by atoms with E-state index in [0.717, 1.165) is 40.9 Å². The van der Waals surface area contributed by atoms with Gasteiger partial charge < -0.3 is 15.4 Å². The maximum absolute atomic E-state index is 13.0. The summed E-state index contributed by atoms with van der Waals surface area (Å²) in [7, 11) is 0. The number of hydrogen-bond donors (Lipinski definition) is 3. The van der Waals surface area contributed by atoms with Crippen LogP contribution < -0.4 is 5.32 Å². The molecule has 0 radical (unpaired) electrons. The van der Waals surface area contributed by atoms with Gasteiger partial charge in [-0.2, -0.15) is 13.2 Å². The lowest BCUT2D eigenvalue weighted by Gasteiger charge is -2.12. The molecule has 5 rings (SSSR count). The summed E-state index contributed by atoms with van der Waals surface area (Å²) in [6, 6.07) is 11.7. The second kappa shape index (κ2) is 14.9. The van der Waals surface area contributed by atoms with Crippen molar-refractivity contribution in [2.45, 2.75) is 64.5 Å². The van der Waals surface area contributed by atoms with Crippen LogP contribution in [0.15, 0.2) is 61.1 Å². The molecule has 2 aromatic carbocycles. The standard InChI is InChI=1S/C23H28F3N.C9H6N4O2S/c1-2-3-4-5-6-7-8-14-27-22-11-9-10-19-20-16-18(23(24,25)26)13-12-17(20)15-21(19)22;14-9(15)5-4-12-7(13-8(5)16)6-10-2-1-3-11-6/h9-13,16,27H,2-8,14-15H2,1H3;1-4H,(H,14,15)(H,12,13,16). The highest BCUT2D eigenvalue weighted by Crippen LogP contribution is 2.42. The Morgan fingerprint density at radius 1 is 0.977 bits per heavy atom. The minimum Gasteiger partial charge on any atom is -0.478 e. The summed E-state index contributed by atoms with van der Waals surface area (Å²) in [5.41, 5.74) is 4.19. The maximum atomic E-state index is 13.0. The smallest absolute Gasteiger partial charge is 0.416 e. The molecule has 11 heteroatoms. The van der Waals surface area contributed by atoms with Crippen LogP contribution in [0.4, 0.5) is 18.9 Å². The minimum atomic E-state index is -4.30. The molecule has 0 unspecified atom stereocenters. The summed E-state index contributed by atoms with van der Waals surface area (Å²) < 4.78 is 39.2. The fraction of sp³-hybridized carbons (Fsp3) is 0.344. The number of carboxylic acids is 1. The Kier molecular flexibility index (Phi) is 11.0. The van der Waals surface area contributed by atoms with Crippen molar-refractivity contribution in [2.24, 2.45) is 0 Å². The number of H-pyrrole nitrogens is 1. The zero-order valence-corrected chi connectivity index (χ0v) is 24.7. The van der Waals surface area contributed by atoms with E-state index < -0.39 is 17.7 Å². The lowest BCUT2D eigenvalue weighted by atomic mass is 10.0. The summed E-state index contributed by atoms with van der Waals surface area (Å²) in [6.45, 7) is 3.14.